The number of benzene rings is 1. The van der Waals surface area contributed by atoms with Gasteiger partial charge in [-0.2, -0.15) is 13.2 Å². The molecule has 1 aliphatic rings. The van der Waals surface area contributed by atoms with Gasteiger partial charge >= 0.3 is 6.18 Å². The number of aromatic nitrogens is 2. The summed E-state index contributed by atoms with van der Waals surface area (Å²) in [5.74, 6) is -0.376. The molecule has 0 spiro atoms. The minimum atomic E-state index is -4.77. The summed E-state index contributed by atoms with van der Waals surface area (Å²) in [4.78, 5) is 0.991. The number of alkyl halides is 3. The van der Waals surface area contributed by atoms with E-state index in [1.807, 2.05) is 17.2 Å². The van der Waals surface area contributed by atoms with Crippen LogP contribution >= 0.6 is 11.8 Å². The Labute approximate surface area is 192 Å². The van der Waals surface area contributed by atoms with Crippen LogP contribution in [0.4, 0.5) is 13.2 Å². The maximum Gasteiger partial charge on any atom is 0.433 e. The van der Waals surface area contributed by atoms with Gasteiger partial charge in [0.1, 0.15) is 24.0 Å². The second-order valence-electron chi connectivity index (χ2n) is 7.77. The van der Waals surface area contributed by atoms with Crippen molar-refractivity contribution in [1.29, 1.82) is 0 Å². The second-order valence-corrected chi connectivity index (χ2v) is 8.93. The predicted molar refractivity (Wildman–Crippen MR) is 113 cm³/mol. The van der Waals surface area contributed by atoms with Gasteiger partial charge in [-0.25, -0.2) is 0 Å². The average Bonchev–Trinajstić information content (AvgIpc) is 3.21. The molecule has 0 radical (unpaired) electrons. The van der Waals surface area contributed by atoms with Gasteiger partial charge in [0.05, 0.1) is 12.2 Å². The average molecular weight is 493 g/mol. The van der Waals surface area contributed by atoms with Gasteiger partial charge in [0, 0.05) is 10.8 Å². The first-order valence-corrected chi connectivity index (χ1v) is 11.4. The molecule has 1 aromatic carbocycles. The number of thioether (sulfide) groups is 1. The number of ether oxygens (including phenoxy) is 2. The molecule has 1 aromatic heterocycles. The van der Waals surface area contributed by atoms with Crippen molar-refractivity contribution < 1.29 is 43.1 Å². The summed E-state index contributed by atoms with van der Waals surface area (Å²) in [5.41, 5.74) is -0.854. The lowest BCUT2D eigenvalue weighted by Crippen LogP contribution is -2.60. The van der Waals surface area contributed by atoms with Crippen molar-refractivity contribution in [3.05, 3.63) is 41.1 Å². The molecule has 1 fully saturated rings. The Morgan fingerprint density at radius 2 is 1.85 bits per heavy atom. The van der Waals surface area contributed by atoms with Gasteiger partial charge in [0.15, 0.2) is 12.4 Å². The smallest absolute Gasteiger partial charge is 0.433 e. The maximum absolute atomic E-state index is 13.7. The van der Waals surface area contributed by atoms with Gasteiger partial charge in [-0.1, -0.05) is 26.0 Å². The van der Waals surface area contributed by atoms with Crippen LogP contribution in [-0.4, -0.2) is 73.7 Å². The van der Waals surface area contributed by atoms with E-state index in [1.54, 1.807) is 30.8 Å². The summed E-state index contributed by atoms with van der Waals surface area (Å²) in [5, 5.41) is 45.2. The lowest BCUT2D eigenvalue weighted by atomic mass is 9.92. The summed E-state index contributed by atoms with van der Waals surface area (Å²) in [6.45, 7) is 2.93. The number of rotatable bonds is 8. The van der Waals surface area contributed by atoms with E-state index in [0.29, 0.717) is 5.56 Å². The molecule has 0 saturated carbocycles. The molecule has 184 valence electrons. The molecule has 1 aliphatic heterocycles. The third-order valence-electron chi connectivity index (χ3n) is 5.43. The van der Waals surface area contributed by atoms with Crippen LogP contribution in [0.3, 0.4) is 0 Å². The monoisotopic (exact) mass is 492 g/mol. The highest BCUT2D eigenvalue weighted by Gasteiger charge is 2.47. The van der Waals surface area contributed by atoms with Crippen molar-refractivity contribution in [2.45, 2.75) is 68.0 Å². The molecule has 3 rings (SSSR count). The molecule has 0 amide bonds. The molecule has 0 bridgehead atoms. The predicted octanol–water partition coefficient (Wildman–Crippen LogP) is 2.26. The van der Waals surface area contributed by atoms with E-state index in [1.165, 1.54) is 0 Å². The molecule has 2 aromatic rings. The van der Waals surface area contributed by atoms with Gasteiger partial charge in [-0.3, -0.25) is 5.10 Å². The van der Waals surface area contributed by atoms with E-state index in [0.717, 1.165) is 17.1 Å². The van der Waals surface area contributed by atoms with Gasteiger partial charge in [-0.05, 0) is 29.9 Å². The molecule has 2 heterocycles. The highest BCUT2D eigenvalue weighted by Crippen LogP contribution is 2.41. The Balaban J connectivity index is 1.92. The lowest BCUT2D eigenvalue weighted by molar-refractivity contribution is -0.281. The fourth-order valence-electron chi connectivity index (χ4n) is 3.61. The van der Waals surface area contributed by atoms with Gasteiger partial charge < -0.3 is 29.9 Å². The molecule has 33 heavy (non-hydrogen) atoms. The number of aliphatic hydroxyl groups is 4. The maximum atomic E-state index is 13.7. The van der Waals surface area contributed by atoms with E-state index >= 15 is 0 Å². The van der Waals surface area contributed by atoms with E-state index in [-0.39, 0.29) is 5.56 Å². The zero-order valence-corrected chi connectivity index (χ0v) is 18.8. The van der Waals surface area contributed by atoms with Crippen LogP contribution in [0.2, 0.25) is 0 Å². The standard InChI is InChI=1S/C21H27F3N2O6S/c1-3-8-33-12-6-4-11(5-7-12)10(2)14-18(21(22,23)24)25-26-19(14)32-17-16(29)15(28)13(9-27)31-20(17)30/h4-7,10,13,15-17,20,27-30H,3,8-9H2,1-2H3,(H,25,26)/t10?,13-,15-,16+,17-,20-/m1/s1. The zero-order valence-electron chi connectivity index (χ0n) is 18.0. The number of hydrogen-bond donors (Lipinski definition) is 5. The molecule has 1 saturated heterocycles. The SMILES string of the molecule is CCCSc1ccc(C(C)c2c(O[C@@H]3[C@@H](O)[C@H](O)[C@@H](CO)O[C@H]3O)n[nH]c2C(F)(F)F)cc1. The Morgan fingerprint density at radius 3 is 2.42 bits per heavy atom. The summed E-state index contributed by atoms with van der Waals surface area (Å²) >= 11 is 1.64. The fourth-order valence-corrected chi connectivity index (χ4v) is 4.38. The van der Waals surface area contributed by atoms with Crippen LogP contribution in [0.25, 0.3) is 0 Å². The molecule has 8 nitrogen and oxygen atoms in total. The van der Waals surface area contributed by atoms with E-state index in [9.17, 15) is 33.6 Å². The van der Waals surface area contributed by atoms with Crippen molar-refractivity contribution in [2.75, 3.05) is 12.4 Å². The zero-order chi connectivity index (χ0) is 24.3. The third kappa shape index (κ3) is 5.64. The van der Waals surface area contributed by atoms with E-state index < -0.39 is 61.0 Å². The second kappa shape index (κ2) is 10.6. The van der Waals surface area contributed by atoms with Crippen LogP contribution in [0, 0.1) is 0 Å². The first-order valence-electron chi connectivity index (χ1n) is 10.4. The van der Waals surface area contributed by atoms with Crippen LogP contribution in [-0.2, 0) is 10.9 Å². The Kier molecular flexibility index (Phi) is 8.30. The van der Waals surface area contributed by atoms with Crippen LogP contribution in [0.15, 0.2) is 29.2 Å². The number of nitrogens with zero attached hydrogens (tertiary/aromatic N) is 1. The van der Waals surface area contributed by atoms with Gasteiger partial charge in [0.25, 0.3) is 0 Å². The molecule has 12 heteroatoms. The molecule has 6 atom stereocenters. The first kappa shape index (κ1) is 25.8. The van der Waals surface area contributed by atoms with Crippen molar-refractivity contribution in [2.24, 2.45) is 0 Å². The molecule has 0 aliphatic carbocycles. The van der Waals surface area contributed by atoms with Crippen molar-refractivity contribution in [3.63, 3.8) is 0 Å². The number of aliphatic hydroxyl groups excluding tert-OH is 4. The number of aromatic amines is 1. The fraction of sp³-hybridized carbons (Fsp3) is 0.571. The summed E-state index contributed by atoms with van der Waals surface area (Å²) in [6, 6.07) is 7.10. The molecular formula is C21H27F3N2O6S. The van der Waals surface area contributed by atoms with Gasteiger partial charge in [0.2, 0.25) is 5.88 Å². The van der Waals surface area contributed by atoms with Gasteiger partial charge in [-0.15, -0.1) is 16.9 Å². The number of nitrogens with one attached hydrogen (secondary N) is 1. The number of H-pyrrole nitrogens is 1. The number of hydrogen-bond acceptors (Lipinski definition) is 8. The van der Waals surface area contributed by atoms with Crippen LogP contribution in [0.1, 0.15) is 43.0 Å². The third-order valence-corrected chi connectivity index (χ3v) is 6.65. The number of halogens is 3. The minimum Gasteiger partial charge on any atom is -0.465 e. The van der Waals surface area contributed by atoms with Crippen molar-refractivity contribution >= 4 is 11.8 Å². The first-order chi connectivity index (χ1) is 15.6. The quantitative estimate of drug-likeness (QED) is 0.355. The van der Waals surface area contributed by atoms with E-state index in [4.69, 9.17) is 9.47 Å². The minimum absolute atomic E-state index is 0.311. The highest BCUT2D eigenvalue weighted by atomic mass is 32.2. The molecular weight excluding hydrogens is 465 g/mol. The summed E-state index contributed by atoms with van der Waals surface area (Å²) in [7, 11) is 0. The summed E-state index contributed by atoms with van der Waals surface area (Å²) in [6.07, 6.45) is -11.9. The summed E-state index contributed by atoms with van der Waals surface area (Å²) < 4.78 is 51.6. The Bertz CT molecular complexity index is 910. The lowest BCUT2D eigenvalue weighted by Gasteiger charge is -2.39. The van der Waals surface area contributed by atoms with Crippen LogP contribution < -0.4 is 4.74 Å². The van der Waals surface area contributed by atoms with Crippen LogP contribution in [0.5, 0.6) is 5.88 Å². The highest BCUT2D eigenvalue weighted by molar-refractivity contribution is 7.99. The van der Waals surface area contributed by atoms with E-state index in [2.05, 4.69) is 12.0 Å². The van der Waals surface area contributed by atoms with Crippen molar-refractivity contribution in [1.82, 2.24) is 10.2 Å². The molecule has 5 N–H and O–H groups in total. The largest absolute Gasteiger partial charge is 0.465 e. The molecule has 1 unspecified atom stereocenters. The Hall–Kier alpha value is -1.83. The topological polar surface area (TPSA) is 128 Å². The van der Waals surface area contributed by atoms with Crippen molar-refractivity contribution in [3.8, 4) is 5.88 Å². The Morgan fingerprint density at radius 1 is 1.18 bits per heavy atom. The normalized spacial score (nSPS) is 26.9.